The van der Waals surface area contributed by atoms with Gasteiger partial charge in [-0.25, -0.2) is 0 Å². The fourth-order valence-electron chi connectivity index (χ4n) is 2.71. The number of nitrogens with one attached hydrogen (secondary N) is 1. The molecule has 0 bridgehead atoms. The molecular weight excluding hydrogens is 222 g/mol. The van der Waals surface area contributed by atoms with E-state index in [2.05, 4.69) is 42.9 Å². The molecule has 1 aliphatic heterocycles. The van der Waals surface area contributed by atoms with Gasteiger partial charge in [0.05, 0.1) is 0 Å². The quantitative estimate of drug-likeness (QED) is 0.783. The van der Waals surface area contributed by atoms with Gasteiger partial charge in [0.1, 0.15) is 0 Å². The first-order valence-corrected chi connectivity index (χ1v) is 7.51. The van der Waals surface area contributed by atoms with Crippen LogP contribution in [0.1, 0.15) is 40.0 Å². The first-order chi connectivity index (χ1) is 8.43. The monoisotopic (exact) mass is 255 g/mol. The van der Waals surface area contributed by atoms with E-state index in [4.69, 9.17) is 0 Å². The van der Waals surface area contributed by atoms with Gasteiger partial charge in [0.25, 0.3) is 0 Å². The summed E-state index contributed by atoms with van der Waals surface area (Å²) in [7, 11) is 4.26. The van der Waals surface area contributed by atoms with E-state index in [-0.39, 0.29) is 0 Å². The van der Waals surface area contributed by atoms with Crippen molar-refractivity contribution in [2.75, 3.05) is 46.8 Å². The molecule has 0 radical (unpaired) electrons. The molecule has 1 heterocycles. The number of likely N-dealkylation sites (N-methyl/N-ethyl adjacent to an activating group) is 2. The van der Waals surface area contributed by atoms with Crippen LogP contribution >= 0.6 is 0 Å². The Morgan fingerprint density at radius 3 is 2.28 bits per heavy atom. The van der Waals surface area contributed by atoms with Crippen LogP contribution in [0.25, 0.3) is 0 Å². The Labute approximate surface area is 114 Å². The Kier molecular flexibility index (Phi) is 6.61. The molecule has 1 aliphatic rings. The summed E-state index contributed by atoms with van der Waals surface area (Å²) in [5, 5.41) is 3.21. The van der Waals surface area contributed by atoms with Crippen LogP contribution in [-0.2, 0) is 0 Å². The SMILES string of the molecule is CNCCN(C)CCC1CCN(C(C)(C)C)CC1. The van der Waals surface area contributed by atoms with Gasteiger partial charge in [-0.1, -0.05) is 0 Å². The normalized spacial score (nSPS) is 19.7. The summed E-state index contributed by atoms with van der Waals surface area (Å²) < 4.78 is 0. The molecule has 0 aromatic heterocycles. The smallest absolute Gasteiger partial charge is 0.0125 e. The van der Waals surface area contributed by atoms with Crippen molar-refractivity contribution in [1.82, 2.24) is 15.1 Å². The van der Waals surface area contributed by atoms with Gasteiger partial charge in [-0.15, -0.1) is 0 Å². The summed E-state index contributed by atoms with van der Waals surface area (Å²) in [6.45, 7) is 13.1. The maximum absolute atomic E-state index is 3.21. The van der Waals surface area contributed by atoms with E-state index in [1.54, 1.807) is 0 Å². The van der Waals surface area contributed by atoms with E-state index in [0.29, 0.717) is 5.54 Å². The van der Waals surface area contributed by atoms with Crippen LogP contribution in [-0.4, -0.2) is 62.2 Å². The van der Waals surface area contributed by atoms with Crippen molar-refractivity contribution in [1.29, 1.82) is 0 Å². The van der Waals surface area contributed by atoms with Crippen molar-refractivity contribution in [2.24, 2.45) is 5.92 Å². The van der Waals surface area contributed by atoms with Crippen LogP contribution in [0.3, 0.4) is 0 Å². The first kappa shape index (κ1) is 15.9. The Balaban J connectivity index is 2.16. The lowest BCUT2D eigenvalue weighted by Crippen LogP contribution is -2.46. The predicted octanol–water partition coefficient (Wildman–Crippen LogP) is 2.04. The zero-order chi connectivity index (χ0) is 13.6. The highest BCUT2D eigenvalue weighted by Crippen LogP contribution is 2.25. The molecule has 3 nitrogen and oxygen atoms in total. The molecule has 1 fully saturated rings. The van der Waals surface area contributed by atoms with Gasteiger partial charge in [0.2, 0.25) is 0 Å². The minimum Gasteiger partial charge on any atom is -0.318 e. The second-order valence-corrected chi connectivity index (χ2v) is 6.80. The molecule has 108 valence electrons. The molecule has 18 heavy (non-hydrogen) atoms. The van der Waals surface area contributed by atoms with Crippen molar-refractivity contribution in [3.8, 4) is 0 Å². The van der Waals surface area contributed by atoms with E-state index >= 15 is 0 Å². The fourth-order valence-corrected chi connectivity index (χ4v) is 2.71. The Morgan fingerprint density at radius 1 is 1.17 bits per heavy atom. The Morgan fingerprint density at radius 2 is 1.78 bits per heavy atom. The molecule has 0 aromatic carbocycles. The first-order valence-electron chi connectivity index (χ1n) is 7.51. The average Bonchev–Trinajstić information content (AvgIpc) is 2.33. The fraction of sp³-hybridized carbons (Fsp3) is 1.00. The van der Waals surface area contributed by atoms with Crippen LogP contribution in [0.15, 0.2) is 0 Å². The zero-order valence-corrected chi connectivity index (χ0v) is 13.1. The highest BCUT2D eigenvalue weighted by molar-refractivity contribution is 4.81. The number of likely N-dealkylation sites (tertiary alicyclic amines) is 1. The number of hydrogen-bond acceptors (Lipinski definition) is 3. The molecule has 0 aromatic rings. The Bertz CT molecular complexity index is 214. The van der Waals surface area contributed by atoms with Gasteiger partial charge in [0, 0.05) is 18.6 Å². The Hall–Kier alpha value is -0.120. The van der Waals surface area contributed by atoms with E-state index < -0.39 is 0 Å². The van der Waals surface area contributed by atoms with E-state index in [0.717, 1.165) is 19.0 Å². The van der Waals surface area contributed by atoms with Crippen LogP contribution in [0.5, 0.6) is 0 Å². The molecule has 0 amide bonds. The third-order valence-corrected chi connectivity index (χ3v) is 4.23. The van der Waals surface area contributed by atoms with Crippen LogP contribution in [0, 0.1) is 5.92 Å². The molecule has 1 saturated heterocycles. The molecule has 0 atom stereocenters. The minimum absolute atomic E-state index is 0.356. The molecule has 0 aliphatic carbocycles. The molecule has 1 N–H and O–H groups in total. The standard InChI is InChI=1S/C15H33N3/c1-15(2,3)18-11-7-14(8-12-18)6-10-17(5)13-9-16-4/h14,16H,6-13H2,1-5H3. The molecule has 1 rings (SSSR count). The van der Waals surface area contributed by atoms with Gasteiger partial charge >= 0.3 is 0 Å². The van der Waals surface area contributed by atoms with Gasteiger partial charge < -0.3 is 10.2 Å². The van der Waals surface area contributed by atoms with Crippen LogP contribution in [0.4, 0.5) is 0 Å². The highest BCUT2D eigenvalue weighted by atomic mass is 15.2. The highest BCUT2D eigenvalue weighted by Gasteiger charge is 2.26. The summed E-state index contributed by atoms with van der Waals surface area (Å²) in [4.78, 5) is 5.08. The summed E-state index contributed by atoms with van der Waals surface area (Å²) >= 11 is 0. The third-order valence-electron chi connectivity index (χ3n) is 4.23. The van der Waals surface area contributed by atoms with Gasteiger partial charge in [-0.05, 0) is 79.7 Å². The lowest BCUT2D eigenvalue weighted by atomic mass is 9.90. The van der Waals surface area contributed by atoms with Gasteiger partial charge in [-0.3, -0.25) is 4.90 Å². The van der Waals surface area contributed by atoms with Crippen molar-refractivity contribution >= 4 is 0 Å². The number of piperidine rings is 1. The molecular formula is C15H33N3. The van der Waals surface area contributed by atoms with Gasteiger partial charge in [0.15, 0.2) is 0 Å². The number of nitrogens with zero attached hydrogens (tertiary/aromatic N) is 2. The maximum Gasteiger partial charge on any atom is 0.0125 e. The summed E-state index contributed by atoms with van der Waals surface area (Å²) in [6, 6.07) is 0. The van der Waals surface area contributed by atoms with Crippen molar-refractivity contribution in [2.45, 2.75) is 45.6 Å². The second kappa shape index (κ2) is 7.46. The zero-order valence-electron chi connectivity index (χ0n) is 13.1. The largest absolute Gasteiger partial charge is 0.318 e. The summed E-state index contributed by atoms with van der Waals surface area (Å²) in [6.07, 6.45) is 4.15. The third kappa shape index (κ3) is 5.68. The molecule has 0 spiro atoms. The minimum atomic E-state index is 0.356. The molecule has 0 saturated carbocycles. The van der Waals surface area contributed by atoms with E-state index in [1.165, 1.54) is 38.9 Å². The summed E-state index contributed by atoms with van der Waals surface area (Å²) in [5.41, 5.74) is 0.356. The average molecular weight is 255 g/mol. The van der Waals surface area contributed by atoms with Crippen LogP contribution in [0.2, 0.25) is 0 Å². The lowest BCUT2D eigenvalue weighted by Gasteiger charge is -2.41. The maximum atomic E-state index is 3.21. The van der Waals surface area contributed by atoms with Crippen molar-refractivity contribution < 1.29 is 0 Å². The van der Waals surface area contributed by atoms with Gasteiger partial charge in [-0.2, -0.15) is 0 Å². The van der Waals surface area contributed by atoms with Crippen molar-refractivity contribution in [3.63, 3.8) is 0 Å². The van der Waals surface area contributed by atoms with E-state index in [9.17, 15) is 0 Å². The van der Waals surface area contributed by atoms with Crippen molar-refractivity contribution in [3.05, 3.63) is 0 Å². The lowest BCUT2D eigenvalue weighted by molar-refractivity contribution is 0.0827. The summed E-state index contributed by atoms with van der Waals surface area (Å²) in [5.74, 6) is 0.945. The van der Waals surface area contributed by atoms with E-state index in [1.807, 2.05) is 7.05 Å². The number of hydrogen-bond donors (Lipinski definition) is 1. The second-order valence-electron chi connectivity index (χ2n) is 6.80. The molecule has 0 unspecified atom stereocenters. The molecule has 3 heteroatoms. The topological polar surface area (TPSA) is 18.5 Å². The predicted molar refractivity (Wildman–Crippen MR) is 80.1 cm³/mol. The van der Waals surface area contributed by atoms with Crippen LogP contribution < -0.4 is 5.32 Å². The number of rotatable bonds is 6.